The standard InChI is InChI=1S/C18H18N4OS2/c23-17(14-12-25-18(21-14)15-4-3-9-24-15)20-11-13-5-6-16(19-10-13)22-7-1-2-8-22/h3-6,9-10,12H,1-2,7-8,11H2,(H,20,23). The minimum Gasteiger partial charge on any atom is -0.357 e. The van der Waals surface area contributed by atoms with Crippen LogP contribution in [0.3, 0.4) is 0 Å². The predicted octanol–water partition coefficient (Wildman–Crippen LogP) is 3.80. The Morgan fingerprint density at radius 2 is 2.08 bits per heavy atom. The van der Waals surface area contributed by atoms with E-state index in [2.05, 4.69) is 20.2 Å². The molecule has 4 heterocycles. The van der Waals surface area contributed by atoms with Crippen molar-refractivity contribution >= 4 is 34.4 Å². The number of thiazole rings is 1. The van der Waals surface area contributed by atoms with Crippen LogP contribution in [0, 0.1) is 0 Å². The van der Waals surface area contributed by atoms with Crippen molar-refractivity contribution in [3.63, 3.8) is 0 Å². The maximum atomic E-state index is 12.3. The van der Waals surface area contributed by atoms with Gasteiger partial charge in [0.05, 0.1) is 4.88 Å². The molecule has 4 rings (SSSR count). The summed E-state index contributed by atoms with van der Waals surface area (Å²) in [5.74, 6) is 0.871. The molecule has 0 saturated carbocycles. The highest BCUT2D eigenvalue weighted by Crippen LogP contribution is 2.27. The predicted molar refractivity (Wildman–Crippen MR) is 102 cm³/mol. The summed E-state index contributed by atoms with van der Waals surface area (Å²) in [6.45, 7) is 2.62. The molecule has 128 valence electrons. The van der Waals surface area contributed by atoms with Gasteiger partial charge in [-0.05, 0) is 35.9 Å². The van der Waals surface area contributed by atoms with E-state index in [1.54, 1.807) is 16.7 Å². The normalized spacial score (nSPS) is 14.0. The third-order valence-corrected chi connectivity index (χ3v) is 6.04. The summed E-state index contributed by atoms with van der Waals surface area (Å²) in [7, 11) is 0. The monoisotopic (exact) mass is 370 g/mol. The highest BCUT2D eigenvalue weighted by atomic mass is 32.1. The van der Waals surface area contributed by atoms with E-state index in [1.807, 2.05) is 35.8 Å². The van der Waals surface area contributed by atoms with Crippen molar-refractivity contribution in [3.05, 3.63) is 52.5 Å². The molecular weight excluding hydrogens is 352 g/mol. The van der Waals surface area contributed by atoms with Crippen LogP contribution in [0.15, 0.2) is 41.2 Å². The van der Waals surface area contributed by atoms with Gasteiger partial charge in [0.25, 0.3) is 5.91 Å². The van der Waals surface area contributed by atoms with Crippen molar-refractivity contribution in [2.75, 3.05) is 18.0 Å². The zero-order valence-electron chi connectivity index (χ0n) is 13.6. The number of nitrogens with one attached hydrogen (secondary N) is 1. The molecule has 0 radical (unpaired) electrons. The second kappa shape index (κ2) is 7.33. The highest BCUT2D eigenvalue weighted by molar-refractivity contribution is 7.20. The summed E-state index contributed by atoms with van der Waals surface area (Å²) in [6.07, 6.45) is 4.31. The Kier molecular flexibility index (Phi) is 4.76. The summed E-state index contributed by atoms with van der Waals surface area (Å²) in [5.41, 5.74) is 1.46. The highest BCUT2D eigenvalue weighted by Gasteiger charge is 2.14. The Morgan fingerprint density at radius 1 is 1.20 bits per heavy atom. The summed E-state index contributed by atoms with van der Waals surface area (Å²) in [6, 6.07) is 8.06. The molecule has 7 heteroatoms. The van der Waals surface area contributed by atoms with Gasteiger partial charge in [0.2, 0.25) is 0 Å². The summed E-state index contributed by atoms with van der Waals surface area (Å²) in [4.78, 5) is 24.6. The molecule has 3 aromatic heterocycles. The number of carbonyl (C=O) groups is 1. The van der Waals surface area contributed by atoms with E-state index in [9.17, 15) is 4.79 Å². The average molecular weight is 371 g/mol. The number of anilines is 1. The number of rotatable bonds is 5. The zero-order valence-corrected chi connectivity index (χ0v) is 15.3. The average Bonchev–Trinajstić information content (AvgIpc) is 3.42. The van der Waals surface area contributed by atoms with Gasteiger partial charge in [-0.3, -0.25) is 4.79 Å². The van der Waals surface area contributed by atoms with E-state index >= 15 is 0 Å². The second-order valence-electron chi connectivity index (χ2n) is 5.92. The lowest BCUT2D eigenvalue weighted by molar-refractivity contribution is 0.0946. The number of hydrogen-bond acceptors (Lipinski definition) is 6. The van der Waals surface area contributed by atoms with Crippen molar-refractivity contribution in [3.8, 4) is 9.88 Å². The number of aromatic nitrogens is 2. The number of carbonyl (C=O) groups excluding carboxylic acids is 1. The first-order chi connectivity index (χ1) is 12.3. The molecule has 0 spiro atoms. The molecule has 0 atom stereocenters. The fourth-order valence-electron chi connectivity index (χ4n) is 2.82. The van der Waals surface area contributed by atoms with Crippen molar-refractivity contribution in [1.82, 2.24) is 15.3 Å². The Balaban J connectivity index is 1.35. The molecule has 1 aliphatic heterocycles. The maximum absolute atomic E-state index is 12.3. The number of amides is 1. The minimum absolute atomic E-state index is 0.150. The summed E-state index contributed by atoms with van der Waals surface area (Å²) >= 11 is 3.12. The zero-order chi connectivity index (χ0) is 17.1. The Labute approximate surface area is 154 Å². The molecule has 0 bridgehead atoms. The number of pyridine rings is 1. The fraction of sp³-hybridized carbons (Fsp3) is 0.278. The lowest BCUT2D eigenvalue weighted by atomic mass is 10.2. The molecule has 1 amide bonds. The summed E-state index contributed by atoms with van der Waals surface area (Å²) < 4.78 is 0. The van der Waals surface area contributed by atoms with Crippen LogP contribution >= 0.6 is 22.7 Å². The third kappa shape index (κ3) is 3.72. The van der Waals surface area contributed by atoms with Gasteiger partial charge in [-0.15, -0.1) is 22.7 Å². The molecule has 1 saturated heterocycles. The molecule has 5 nitrogen and oxygen atoms in total. The molecule has 0 aliphatic carbocycles. The van der Waals surface area contributed by atoms with Crippen molar-refractivity contribution in [2.45, 2.75) is 19.4 Å². The van der Waals surface area contributed by atoms with Crippen LogP contribution in [0.5, 0.6) is 0 Å². The van der Waals surface area contributed by atoms with Gasteiger partial charge in [0.15, 0.2) is 0 Å². The fourth-order valence-corrected chi connectivity index (χ4v) is 4.43. The quantitative estimate of drug-likeness (QED) is 0.742. The topological polar surface area (TPSA) is 58.1 Å². The lowest BCUT2D eigenvalue weighted by Crippen LogP contribution is -2.23. The second-order valence-corrected chi connectivity index (χ2v) is 7.72. The van der Waals surface area contributed by atoms with Crippen LogP contribution in [0.4, 0.5) is 5.82 Å². The number of hydrogen-bond donors (Lipinski definition) is 1. The van der Waals surface area contributed by atoms with E-state index in [0.717, 1.165) is 34.4 Å². The molecule has 3 aromatic rings. The van der Waals surface area contributed by atoms with Crippen LogP contribution in [-0.2, 0) is 6.54 Å². The van der Waals surface area contributed by atoms with Crippen LogP contribution in [0.1, 0.15) is 28.9 Å². The SMILES string of the molecule is O=C(NCc1ccc(N2CCCC2)nc1)c1csc(-c2cccs2)n1. The number of nitrogens with zero attached hydrogens (tertiary/aromatic N) is 3. The van der Waals surface area contributed by atoms with Gasteiger partial charge < -0.3 is 10.2 Å². The largest absolute Gasteiger partial charge is 0.357 e. The minimum atomic E-state index is -0.150. The van der Waals surface area contributed by atoms with Gasteiger partial charge in [-0.25, -0.2) is 9.97 Å². The Bertz CT molecular complexity index is 836. The first-order valence-electron chi connectivity index (χ1n) is 8.27. The molecule has 1 aliphatic rings. The molecule has 0 aromatic carbocycles. The van der Waals surface area contributed by atoms with Gasteiger partial charge in [0.1, 0.15) is 16.5 Å². The van der Waals surface area contributed by atoms with Crippen LogP contribution < -0.4 is 10.2 Å². The van der Waals surface area contributed by atoms with Crippen LogP contribution in [0.25, 0.3) is 9.88 Å². The molecular formula is C18H18N4OS2. The Hall–Kier alpha value is -2.25. The van der Waals surface area contributed by atoms with E-state index in [0.29, 0.717) is 12.2 Å². The van der Waals surface area contributed by atoms with Crippen LogP contribution in [0.2, 0.25) is 0 Å². The van der Waals surface area contributed by atoms with Gasteiger partial charge in [0, 0.05) is 31.2 Å². The Morgan fingerprint density at radius 3 is 2.80 bits per heavy atom. The molecule has 1 N–H and O–H groups in total. The van der Waals surface area contributed by atoms with Crippen molar-refractivity contribution < 1.29 is 4.79 Å². The maximum Gasteiger partial charge on any atom is 0.271 e. The van der Waals surface area contributed by atoms with Gasteiger partial charge >= 0.3 is 0 Å². The molecule has 1 fully saturated rings. The third-order valence-electron chi connectivity index (χ3n) is 4.16. The van der Waals surface area contributed by atoms with Crippen molar-refractivity contribution in [2.24, 2.45) is 0 Å². The summed E-state index contributed by atoms with van der Waals surface area (Å²) in [5, 5.41) is 7.62. The number of thiophene rings is 1. The van der Waals surface area contributed by atoms with E-state index in [1.165, 1.54) is 24.2 Å². The van der Waals surface area contributed by atoms with E-state index < -0.39 is 0 Å². The van der Waals surface area contributed by atoms with Gasteiger partial charge in [-0.1, -0.05) is 12.1 Å². The van der Waals surface area contributed by atoms with E-state index in [-0.39, 0.29) is 5.91 Å². The van der Waals surface area contributed by atoms with E-state index in [4.69, 9.17) is 0 Å². The smallest absolute Gasteiger partial charge is 0.271 e. The van der Waals surface area contributed by atoms with Crippen molar-refractivity contribution in [1.29, 1.82) is 0 Å². The molecule has 25 heavy (non-hydrogen) atoms. The van der Waals surface area contributed by atoms with Crippen LogP contribution in [-0.4, -0.2) is 29.0 Å². The molecule has 0 unspecified atom stereocenters. The first kappa shape index (κ1) is 16.2. The van der Waals surface area contributed by atoms with Gasteiger partial charge in [-0.2, -0.15) is 0 Å². The lowest BCUT2D eigenvalue weighted by Gasteiger charge is -2.16. The first-order valence-corrected chi connectivity index (χ1v) is 10.0.